The summed E-state index contributed by atoms with van der Waals surface area (Å²) < 4.78 is 15.9. The lowest BCUT2D eigenvalue weighted by atomic mass is 10.1. The molecule has 0 aliphatic carbocycles. The number of ether oxygens (including phenoxy) is 3. The van der Waals surface area contributed by atoms with Crippen LogP contribution in [0.4, 0.5) is 5.69 Å². The molecule has 0 aliphatic rings. The molecule has 0 saturated carbocycles. The molecule has 0 aliphatic heterocycles. The van der Waals surface area contributed by atoms with Gasteiger partial charge in [0.1, 0.15) is 17.2 Å². The molecular formula is C18H20ClNO4. The van der Waals surface area contributed by atoms with Gasteiger partial charge in [0.05, 0.1) is 24.9 Å². The predicted molar refractivity (Wildman–Crippen MR) is 94.6 cm³/mol. The van der Waals surface area contributed by atoms with E-state index in [9.17, 15) is 4.79 Å². The predicted octanol–water partition coefficient (Wildman–Crippen LogP) is 3.99. The van der Waals surface area contributed by atoms with Gasteiger partial charge in [-0.1, -0.05) is 17.7 Å². The van der Waals surface area contributed by atoms with Crippen LogP contribution in [0.2, 0.25) is 5.02 Å². The zero-order valence-corrected chi connectivity index (χ0v) is 14.9. The first-order valence-corrected chi connectivity index (χ1v) is 7.73. The van der Waals surface area contributed by atoms with Crippen molar-refractivity contribution in [2.75, 3.05) is 26.1 Å². The molecule has 5 nitrogen and oxygen atoms in total. The van der Waals surface area contributed by atoms with Gasteiger partial charge in [0.25, 0.3) is 5.91 Å². The van der Waals surface area contributed by atoms with Gasteiger partial charge in [0.2, 0.25) is 0 Å². The molecule has 0 radical (unpaired) electrons. The highest BCUT2D eigenvalue weighted by Crippen LogP contribution is 2.35. The molecule has 0 atom stereocenters. The lowest BCUT2D eigenvalue weighted by Gasteiger charge is -2.13. The molecule has 0 fully saturated rings. The van der Waals surface area contributed by atoms with Gasteiger partial charge >= 0.3 is 0 Å². The van der Waals surface area contributed by atoms with Gasteiger partial charge in [-0.05, 0) is 37.1 Å². The third-order valence-electron chi connectivity index (χ3n) is 3.60. The number of rotatable bonds is 6. The van der Waals surface area contributed by atoms with Gasteiger partial charge in [-0.3, -0.25) is 4.79 Å². The zero-order chi connectivity index (χ0) is 17.7. The van der Waals surface area contributed by atoms with Gasteiger partial charge in [-0.2, -0.15) is 0 Å². The average molecular weight is 350 g/mol. The van der Waals surface area contributed by atoms with Gasteiger partial charge in [-0.25, -0.2) is 0 Å². The topological polar surface area (TPSA) is 56.8 Å². The molecule has 0 saturated heterocycles. The quantitative estimate of drug-likeness (QED) is 0.856. The first kappa shape index (κ1) is 17.9. The fourth-order valence-corrected chi connectivity index (χ4v) is 2.33. The first-order valence-electron chi connectivity index (χ1n) is 7.36. The second kappa shape index (κ2) is 7.93. The van der Waals surface area contributed by atoms with Crippen LogP contribution in [-0.4, -0.2) is 26.7 Å². The van der Waals surface area contributed by atoms with Gasteiger partial charge in [0.15, 0.2) is 6.61 Å². The van der Waals surface area contributed by atoms with Crippen LogP contribution in [0.1, 0.15) is 11.1 Å². The molecule has 128 valence electrons. The third-order valence-corrected chi connectivity index (χ3v) is 3.89. The van der Waals surface area contributed by atoms with Crippen molar-refractivity contribution < 1.29 is 19.0 Å². The number of halogens is 1. The Morgan fingerprint density at radius 2 is 1.75 bits per heavy atom. The summed E-state index contributed by atoms with van der Waals surface area (Å²) in [6, 6.07) is 8.88. The normalized spacial score (nSPS) is 10.2. The van der Waals surface area contributed by atoms with Crippen LogP contribution in [0.15, 0.2) is 30.3 Å². The summed E-state index contributed by atoms with van der Waals surface area (Å²) in [5.74, 6) is 1.23. The van der Waals surface area contributed by atoms with E-state index in [1.807, 2.05) is 32.0 Å². The molecule has 0 spiro atoms. The molecule has 1 N–H and O–H groups in total. The van der Waals surface area contributed by atoms with Crippen molar-refractivity contribution in [2.24, 2.45) is 0 Å². The lowest BCUT2D eigenvalue weighted by Crippen LogP contribution is -2.20. The summed E-state index contributed by atoms with van der Waals surface area (Å²) in [5.41, 5.74) is 2.74. The van der Waals surface area contributed by atoms with E-state index in [2.05, 4.69) is 5.32 Å². The Morgan fingerprint density at radius 1 is 1.04 bits per heavy atom. The molecule has 1 amide bonds. The second-order valence-electron chi connectivity index (χ2n) is 5.27. The number of hydrogen-bond acceptors (Lipinski definition) is 4. The van der Waals surface area contributed by atoms with Crippen LogP contribution in [0, 0.1) is 13.8 Å². The molecule has 0 heterocycles. The smallest absolute Gasteiger partial charge is 0.262 e. The van der Waals surface area contributed by atoms with E-state index in [1.165, 1.54) is 19.8 Å². The minimum absolute atomic E-state index is 0.114. The van der Waals surface area contributed by atoms with Crippen molar-refractivity contribution in [1.82, 2.24) is 0 Å². The number of aryl methyl sites for hydroxylation is 2. The number of hydrogen-bond donors (Lipinski definition) is 1. The van der Waals surface area contributed by atoms with Gasteiger partial charge in [0, 0.05) is 12.1 Å². The molecule has 2 rings (SSSR count). The monoisotopic (exact) mass is 349 g/mol. The summed E-state index contributed by atoms with van der Waals surface area (Å²) >= 11 is 6.04. The highest BCUT2D eigenvalue weighted by atomic mass is 35.5. The van der Waals surface area contributed by atoms with Crippen molar-refractivity contribution >= 4 is 23.2 Å². The molecular weight excluding hydrogens is 330 g/mol. The Labute approximate surface area is 146 Å². The number of amides is 1. The van der Waals surface area contributed by atoms with Crippen molar-refractivity contribution in [2.45, 2.75) is 13.8 Å². The molecule has 2 aromatic carbocycles. The van der Waals surface area contributed by atoms with Gasteiger partial charge < -0.3 is 19.5 Å². The fraction of sp³-hybridized carbons (Fsp3) is 0.278. The number of benzene rings is 2. The third kappa shape index (κ3) is 4.32. The SMILES string of the molecule is COc1cc(NC(=O)COc2ccc(C)c(C)c2)c(OC)cc1Cl. The Balaban J connectivity index is 2.05. The van der Waals surface area contributed by atoms with E-state index < -0.39 is 0 Å². The molecule has 0 unspecified atom stereocenters. The van der Waals surface area contributed by atoms with Gasteiger partial charge in [-0.15, -0.1) is 0 Å². The van der Waals surface area contributed by atoms with E-state index in [0.717, 1.165) is 5.56 Å². The highest BCUT2D eigenvalue weighted by molar-refractivity contribution is 6.32. The standard InChI is InChI=1S/C18H20ClNO4/c1-11-5-6-13(7-12(11)2)24-10-18(21)20-15-9-16(22-3)14(19)8-17(15)23-4/h5-9H,10H2,1-4H3,(H,20,21). The molecule has 2 aromatic rings. The van der Waals surface area contributed by atoms with Crippen molar-refractivity contribution in [3.8, 4) is 17.2 Å². The second-order valence-corrected chi connectivity index (χ2v) is 5.68. The highest BCUT2D eigenvalue weighted by Gasteiger charge is 2.13. The Kier molecular flexibility index (Phi) is 5.93. The Bertz CT molecular complexity index is 746. The fourth-order valence-electron chi connectivity index (χ4n) is 2.10. The maximum atomic E-state index is 12.1. The van der Waals surface area contributed by atoms with E-state index in [4.69, 9.17) is 25.8 Å². The van der Waals surface area contributed by atoms with Crippen LogP contribution < -0.4 is 19.5 Å². The van der Waals surface area contributed by atoms with Crippen LogP contribution in [0.5, 0.6) is 17.2 Å². The Morgan fingerprint density at radius 3 is 2.38 bits per heavy atom. The van der Waals surface area contributed by atoms with Crippen LogP contribution in [0.3, 0.4) is 0 Å². The molecule has 24 heavy (non-hydrogen) atoms. The summed E-state index contributed by atoms with van der Waals surface area (Å²) in [6.07, 6.45) is 0. The number of methoxy groups -OCH3 is 2. The van der Waals surface area contributed by atoms with Crippen molar-refractivity contribution in [3.63, 3.8) is 0 Å². The number of nitrogens with one attached hydrogen (secondary N) is 1. The molecule has 0 aromatic heterocycles. The average Bonchev–Trinajstić information content (AvgIpc) is 2.57. The van der Waals surface area contributed by atoms with Crippen LogP contribution >= 0.6 is 11.6 Å². The minimum Gasteiger partial charge on any atom is -0.495 e. The van der Waals surface area contributed by atoms with Crippen LogP contribution in [-0.2, 0) is 4.79 Å². The summed E-state index contributed by atoms with van der Waals surface area (Å²) in [7, 11) is 3.00. The maximum Gasteiger partial charge on any atom is 0.262 e. The largest absolute Gasteiger partial charge is 0.495 e. The zero-order valence-electron chi connectivity index (χ0n) is 14.1. The molecule has 6 heteroatoms. The summed E-state index contributed by atoms with van der Waals surface area (Å²) in [5, 5.41) is 3.13. The van der Waals surface area contributed by atoms with E-state index in [-0.39, 0.29) is 12.5 Å². The van der Waals surface area contributed by atoms with E-state index in [0.29, 0.717) is 28.0 Å². The van der Waals surface area contributed by atoms with Crippen LogP contribution in [0.25, 0.3) is 0 Å². The summed E-state index contributed by atoms with van der Waals surface area (Å²) in [4.78, 5) is 12.1. The maximum absolute atomic E-state index is 12.1. The first-order chi connectivity index (χ1) is 11.4. The number of carbonyl (C=O) groups is 1. The minimum atomic E-state index is -0.309. The summed E-state index contributed by atoms with van der Waals surface area (Å²) in [6.45, 7) is 3.90. The number of anilines is 1. The van der Waals surface area contributed by atoms with E-state index in [1.54, 1.807) is 12.1 Å². The lowest BCUT2D eigenvalue weighted by molar-refractivity contribution is -0.118. The van der Waals surface area contributed by atoms with Crippen molar-refractivity contribution in [3.05, 3.63) is 46.5 Å². The van der Waals surface area contributed by atoms with E-state index >= 15 is 0 Å². The molecule has 0 bridgehead atoms. The number of carbonyl (C=O) groups excluding carboxylic acids is 1. The van der Waals surface area contributed by atoms with Crippen molar-refractivity contribution in [1.29, 1.82) is 0 Å². The Hall–Kier alpha value is -2.40.